The second kappa shape index (κ2) is 4.31. The zero-order valence-corrected chi connectivity index (χ0v) is 10.7. The van der Waals surface area contributed by atoms with Gasteiger partial charge in [-0.05, 0) is 12.1 Å². The zero-order valence-electron chi connectivity index (χ0n) is 7.50. The van der Waals surface area contributed by atoms with E-state index in [1.54, 1.807) is 0 Å². The second-order valence-electron chi connectivity index (χ2n) is 3.09. The van der Waals surface area contributed by atoms with E-state index in [9.17, 15) is 0 Å². The molecule has 4 heteroatoms. The molecule has 1 aliphatic heterocycles. The summed E-state index contributed by atoms with van der Waals surface area (Å²) in [5.41, 5.74) is 1.05. The van der Waals surface area contributed by atoms with Crippen molar-refractivity contribution < 1.29 is 9.47 Å². The number of halogens is 2. The van der Waals surface area contributed by atoms with E-state index in [0.29, 0.717) is 18.5 Å². The van der Waals surface area contributed by atoms with E-state index >= 15 is 0 Å². The van der Waals surface area contributed by atoms with Crippen LogP contribution in [0.2, 0.25) is 0 Å². The quantitative estimate of drug-likeness (QED) is 0.779. The first kappa shape index (κ1) is 10.6. The molecule has 2 nitrogen and oxygen atoms in total. The van der Waals surface area contributed by atoms with Gasteiger partial charge in [-0.3, -0.25) is 0 Å². The van der Waals surface area contributed by atoms with Crippen LogP contribution in [0, 0.1) is 0 Å². The number of rotatable bonds is 2. The van der Waals surface area contributed by atoms with E-state index in [2.05, 4.69) is 31.9 Å². The Balaban J connectivity index is 2.31. The van der Waals surface area contributed by atoms with E-state index in [0.717, 1.165) is 10.0 Å². The third-order valence-corrected chi connectivity index (χ3v) is 3.48. The van der Waals surface area contributed by atoms with Crippen molar-refractivity contribution >= 4 is 31.9 Å². The van der Waals surface area contributed by atoms with E-state index in [-0.39, 0.29) is 0 Å². The standard InChI is InChI=1S/C10H10Br2O2/c11-7-10(13-5-6-14-10)8-1-3-9(12)4-2-8/h1-4H,5-7H2. The first-order chi connectivity index (χ1) is 6.77. The fraction of sp³-hybridized carbons (Fsp3) is 0.400. The highest BCUT2D eigenvalue weighted by Crippen LogP contribution is 2.33. The number of benzene rings is 1. The number of ether oxygens (including phenoxy) is 2. The summed E-state index contributed by atoms with van der Waals surface area (Å²) in [7, 11) is 0. The molecule has 0 amide bonds. The Hall–Kier alpha value is 0.1000. The summed E-state index contributed by atoms with van der Waals surface area (Å²) < 4.78 is 12.3. The van der Waals surface area contributed by atoms with Crippen LogP contribution in [-0.4, -0.2) is 18.5 Å². The molecule has 0 radical (unpaired) electrons. The Bertz CT molecular complexity index is 304. The molecule has 1 saturated heterocycles. The minimum atomic E-state index is -0.583. The lowest BCUT2D eigenvalue weighted by Gasteiger charge is -2.25. The molecule has 0 unspecified atom stereocenters. The minimum absolute atomic E-state index is 0.583. The van der Waals surface area contributed by atoms with Crippen LogP contribution in [0.3, 0.4) is 0 Å². The van der Waals surface area contributed by atoms with Gasteiger partial charge in [0, 0.05) is 10.0 Å². The Kier molecular flexibility index (Phi) is 3.27. The number of hydrogen-bond acceptors (Lipinski definition) is 2. The molecular formula is C10H10Br2O2. The van der Waals surface area contributed by atoms with E-state index < -0.39 is 5.79 Å². The van der Waals surface area contributed by atoms with Crippen LogP contribution in [0.1, 0.15) is 5.56 Å². The molecule has 1 fully saturated rings. The first-order valence-electron chi connectivity index (χ1n) is 4.37. The van der Waals surface area contributed by atoms with Gasteiger partial charge in [-0.2, -0.15) is 0 Å². The maximum atomic E-state index is 5.63. The Morgan fingerprint density at radius 1 is 1.14 bits per heavy atom. The molecule has 0 aromatic heterocycles. The summed E-state index contributed by atoms with van der Waals surface area (Å²) in [6.45, 7) is 1.31. The highest BCUT2D eigenvalue weighted by Gasteiger charge is 2.37. The molecule has 1 aliphatic rings. The molecule has 0 saturated carbocycles. The maximum Gasteiger partial charge on any atom is 0.204 e. The summed E-state index contributed by atoms with van der Waals surface area (Å²) in [5.74, 6) is -0.583. The highest BCUT2D eigenvalue weighted by atomic mass is 79.9. The van der Waals surface area contributed by atoms with Crippen LogP contribution in [0.5, 0.6) is 0 Å². The van der Waals surface area contributed by atoms with Gasteiger partial charge in [0.2, 0.25) is 5.79 Å². The van der Waals surface area contributed by atoms with Crippen molar-refractivity contribution in [2.45, 2.75) is 5.79 Å². The summed E-state index contributed by atoms with van der Waals surface area (Å²) in [6, 6.07) is 8.00. The zero-order chi connectivity index (χ0) is 10.0. The topological polar surface area (TPSA) is 18.5 Å². The minimum Gasteiger partial charge on any atom is -0.343 e. The molecule has 14 heavy (non-hydrogen) atoms. The molecule has 1 aromatic carbocycles. The third kappa shape index (κ3) is 1.89. The van der Waals surface area contributed by atoms with Crippen LogP contribution in [-0.2, 0) is 15.3 Å². The SMILES string of the molecule is BrCC1(c2ccc(Br)cc2)OCCO1. The van der Waals surface area contributed by atoms with Crippen molar-refractivity contribution in [2.24, 2.45) is 0 Å². The Labute approximate surface area is 99.8 Å². The van der Waals surface area contributed by atoms with Gasteiger partial charge in [-0.25, -0.2) is 0 Å². The predicted octanol–water partition coefficient (Wildman–Crippen LogP) is 3.04. The van der Waals surface area contributed by atoms with Crippen LogP contribution in [0.15, 0.2) is 28.7 Å². The van der Waals surface area contributed by atoms with Gasteiger partial charge in [0.25, 0.3) is 0 Å². The molecule has 1 heterocycles. The van der Waals surface area contributed by atoms with Crippen molar-refractivity contribution in [3.8, 4) is 0 Å². The third-order valence-electron chi connectivity index (χ3n) is 2.21. The van der Waals surface area contributed by atoms with Crippen LogP contribution in [0.25, 0.3) is 0 Å². The number of alkyl halides is 1. The van der Waals surface area contributed by atoms with Gasteiger partial charge in [-0.15, -0.1) is 0 Å². The molecular weight excluding hydrogens is 312 g/mol. The van der Waals surface area contributed by atoms with Gasteiger partial charge in [0.1, 0.15) is 0 Å². The van der Waals surface area contributed by atoms with Crippen molar-refractivity contribution in [1.82, 2.24) is 0 Å². The van der Waals surface area contributed by atoms with Crippen LogP contribution < -0.4 is 0 Å². The summed E-state index contributed by atoms with van der Waals surface area (Å²) in [5, 5.41) is 0.654. The van der Waals surface area contributed by atoms with Crippen molar-refractivity contribution in [2.75, 3.05) is 18.5 Å². The lowest BCUT2D eigenvalue weighted by Crippen LogP contribution is -2.28. The summed E-state index contributed by atoms with van der Waals surface area (Å²) >= 11 is 6.83. The average Bonchev–Trinajstić information content (AvgIpc) is 2.68. The predicted molar refractivity (Wildman–Crippen MR) is 61.5 cm³/mol. The van der Waals surface area contributed by atoms with Crippen molar-refractivity contribution in [3.63, 3.8) is 0 Å². The molecule has 0 aliphatic carbocycles. The maximum absolute atomic E-state index is 5.63. The Morgan fingerprint density at radius 3 is 2.21 bits per heavy atom. The van der Waals surface area contributed by atoms with Gasteiger partial charge in [0.15, 0.2) is 0 Å². The van der Waals surface area contributed by atoms with Crippen LogP contribution >= 0.6 is 31.9 Å². The second-order valence-corrected chi connectivity index (χ2v) is 4.57. The molecule has 1 aromatic rings. The van der Waals surface area contributed by atoms with E-state index in [1.807, 2.05) is 24.3 Å². The van der Waals surface area contributed by atoms with Gasteiger partial charge < -0.3 is 9.47 Å². The molecule has 2 rings (SSSR count). The monoisotopic (exact) mass is 320 g/mol. The normalized spacial score (nSPS) is 19.9. The fourth-order valence-electron chi connectivity index (χ4n) is 1.48. The lowest BCUT2D eigenvalue weighted by atomic mass is 10.1. The molecule has 0 bridgehead atoms. The summed E-state index contributed by atoms with van der Waals surface area (Å²) in [4.78, 5) is 0. The molecule has 0 N–H and O–H groups in total. The smallest absolute Gasteiger partial charge is 0.204 e. The highest BCUT2D eigenvalue weighted by molar-refractivity contribution is 9.10. The average molecular weight is 322 g/mol. The van der Waals surface area contributed by atoms with E-state index in [4.69, 9.17) is 9.47 Å². The van der Waals surface area contributed by atoms with Gasteiger partial charge in [-0.1, -0.05) is 44.0 Å². The lowest BCUT2D eigenvalue weighted by molar-refractivity contribution is -0.144. The summed E-state index contributed by atoms with van der Waals surface area (Å²) in [6.07, 6.45) is 0. The van der Waals surface area contributed by atoms with Gasteiger partial charge >= 0.3 is 0 Å². The Morgan fingerprint density at radius 2 is 1.71 bits per heavy atom. The van der Waals surface area contributed by atoms with Crippen molar-refractivity contribution in [1.29, 1.82) is 0 Å². The van der Waals surface area contributed by atoms with E-state index in [1.165, 1.54) is 0 Å². The first-order valence-corrected chi connectivity index (χ1v) is 6.28. The fourth-order valence-corrected chi connectivity index (χ4v) is 2.39. The largest absolute Gasteiger partial charge is 0.343 e. The van der Waals surface area contributed by atoms with Gasteiger partial charge in [0.05, 0.1) is 18.5 Å². The molecule has 0 atom stereocenters. The molecule has 76 valence electrons. The van der Waals surface area contributed by atoms with Crippen molar-refractivity contribution in [3.05, 3.63) is 34.3 Å². The van der Waals surface area contributed by atoms with Crippen LogP contribution in [0.4, 0.5) is 0 Å². The molecule has 0 spiro atoms. The number of hydrogen-bond donors (Lipinski definition) is 0.